The molecule has 5 nitrogen and oxygen atoms in total. The first-order valence-electron chi connectivity index (χ1n) is 8.10. The van der Waals surface area contributed by atoms with Gasteiger partial charge in [-0.15, -0.1) is 36.2 Å². The molecule has 0 aliphatic carbocycles. The highest BCUT2D eigenvalue weighted by Crippen LogP contribution is 2.30. The SMILES string of the molecule is COC(C)c1nc(C)c(C(=O)N2CC[C@@H]3CNC[C@@H]3CC2)s1.Cl.Cl. The van der Waals surface area contributed by atoms with Crippen molar-refractivity contribution in [2.24, 2.45) is 11.8 Å². The third kappa shape index (κ3) is 4.41. The number of rotatable bonds is 3. The smallest absolute Gasteiger partial charge is 0.265 e. The van der Waals surface area contributed by atoms with E-state index in [0.29, 0.717) is 0 Å². The van der Waals surface area contributed by atoms with E-state index in [4.69, 9.17) is 4.74 Å². The summed E-state index contributed by atoms with van der Waals surface area (Å²) in [6, 6.07) is 0. The molecule has 3 heterocycles. The fourth-order valence-electron chi connectivity index (χ4n) is 3.46. The monoisotopic (exact) mass is 395 g/mol. The van der Waals surface area contributed by atoms with Crippen LogP contribution in [0.2, 0.25) is 0 Å². The second-order valence-corrected chi connectivity index (χ2v) is 7.42. The van der Waals surface area contributed by atoms with Gasteiger partial charge in [-0.2, -0.15) is 0 Å². The van der Waals surface area contributed by atoms with Crippen LogP contribution in [0.1, 0.15) is 46.2 Å². The summed E-state index contributed by atoms with van der Waals surface area (Å²) in [7, 11) is 1.67. The minimum absolute atomic E-state index is 0. The molecule has 3 rings (SSSR count). The summed E-state index contributed by atoms with van der Waals surface area (Å²) in [6.45, 7) is 7.85. The first-order valence-corrected chi connectivity index (χ1v) is 8.92. The van der Waals surface area contributed by atoms with Crippen LogP contribution in [0, 0.1) is 18.8 Å². The van der Waals surface area contributed by atoms with Gasteiger partial charge in [0.15, 0.2) is 0 Å². The molecule has 1 aromatic heterocycles. The van der Waals surface area contributed by atoms with Crippen LogP contribution in [-0.4, -0.2) is 49.1 Å². The number of hydrogen-bond donors (Lipinski definition) is 1. The molecule has 0 radical (unpaired) electrons. The Bertz CT molecular complexity index is 541. The van der Waals surface area contributed by atoms with Crippen LogP contribution in [0.5, 0.6) is 0 Å². The Balaban J connectivity index is 0.00000144. The number of nitrogens with zero attached hydrogens (tertiary/aromatic N) is 2. The summed E-state index contributed by atoms with van der Waals surface area (Å²) in [5.74, 6) is 1.63. The fraction of sp³-hybridized carbons (Fsp3) is 0.750. The number of methoxy groups -OCH3 is 1. The van der Waals surface area contributed by atoms with E-state index in [-0.39, 0.29) is 36.8 Å². The lowest BCUT2D eigenvalue weighted by Gasteiger charge is -2.20. The second kappa shape index (κ2) is 9.34. The van der Waals surface area contributed by atoms with Crippen molar-refractivity contribution >= 4 is 42.1 Å². The number of thiazole rings is 1. The molecule has 2 aliphatic rings. The third-order valence-corrected chi connectivity index (χ3v) is 6.32. The predicted molar refractivity (Wildman–Crippen MR) is 102 cm³/mol. The van der Waals surface area contributed by atoms with E-state index in [9.17, 15) is 4.79 Å². The lowest BCUT2D eigenvalue weighted by molar-refractivity contribution is 0.0762. The highest BCUT2D eigenvalue weighted by Gasteiger charge is 2.32. The summed E-state index contributed by atoms with van der Waals surface area (Å²) in [5.41, 5.74) is 0.833. The van der Waals surface area contributed by atoms with Crippen molar-refractivity contribution in [1.29, 1.82) is 0 Å². The molecule has 138 valence electrons. The summed E-state index contributed by atoms with van der Waals surface area (Å²) in [4.78, 5) is 20.2. The first kappa shape index (κ1) is 21.6. The van der Waals surface area contributed by atoms with E-state index in [1.165, 1.54) is 11.3 Å². The van der Waals surface area contributed by atoms with Gasteiger partial charge in [-0.1, -0.05) is 0 Å². The van der Waals surface area contributed by atoms with Crippen molar-refractivity contribution in [3.05, 3.63) is 15.6 Å². The topological polar surface area (TPSA) is 54.5 Å². The van der Waals surface area contributed by atoms with Crippen molar-refractivity contribution in [3.8, 4) is 0 Å². The largest absolute Gasteiger partial charge is 0.375 e. The number of carbonyl (C=O) groups is 1. The average molecular weight is 396 g/mol. The van der Waals surface area contributed by atoms with Crippen LogP contribution >= 0.6 is 36.2 Å². The summed E-state index contributed by atoms with van der Waals surface area (Å²) < 4.78 is 5.32. The minimum Gasteiger partial charge on any atom is -0.375 e. The van der Waals surface area contributed by atoms with Crippen LogP contribution in [0.3, 0.4) is 0 Å². The molecule has 3 atom stereocenters. The highest BCUT2D eigenvalue weighted by molar-refractivity contribution is 7.13. The van der Waals surface area contributed by atoms with Gasteiger partial charge in [-0.3, -0.25) is 4.79 Å². The summed E-state index contributed by atoms with van der Waals surface area (Å²) in [6.07, 6.45) is 2.17. The van der Waals surface area contributed by atoms with Crippen LogP contribution in [-0.2, 0) is 4.74 Å². The summed E-state index contributed by atoms with van der Waals surface area (Å²) >= 11 is 1.48. The van der Waals surface area contributed by atoms with Gasteiger partial charge in [0, 0.05) is 20.2 Å². The Morgan fingerprint density at radius 1 is 1.29 bits per heavy atom. The molecule has 1 N–H and O–H groups in total. The molecule has 1 unspecified atom stereocenters. The van der Waals surface area contributed by atoms with Crippen molar-refractivity contribution in [2.75, 3.05) is 33.3 Å². The van der Waals surface area contributed by atoms with E-state index in [2.05, 4.69) is 10.3 Å². The number of halogens is 2. The van der Waals surface area contributed by atoms with Crippen LogP contribution in [0.4, 0.5) is 0 Å². The standard InChI is InChI=1S/C16H25N3O2S.2ClH/c1-10-14(22-15(18-10)11(2)21-3)16(20)19-6-4-12-8-17-9-13(12)5-7-19;;/h11-13,17H,4-9H2,1-3H3;2*1H/t11?,12-,13+;;. The van der Waals surface area contributed by atoms with Crippen LogP contribution < -0.4 is 5.32 Å². The molecular weight excluding hydrogens is 369 g/mol. The number of ether oxygens (including phenoxy) is 1. The minimum atomic E-state index is -0.0557. The lowest BCUT2D eigenvalue weighted by Crippen LogP contribution is -2.32. The maximum atomic E-state index is 12.9. The molecular formula is C16H27Cl2N3O2S. The molecule has 8 heteroatoms. The zero-order chi connectivity index (χ0) is 15.7. The van der Waals surface area contributed by atoms with Crippen LogP contribution in [0.25, 0.3) is 0 Å². The number of likely N-dealkylation sites (tertiary alicyclic amines) is 1. The van der Waals surface area contributed by atoms with Crippen molar-refractivity contribution in [3.63, 3.8) is 0 Å². The Morgan fingerprint density at radius 2 is 1.88 bits per heavy atom. The molecule has 0 aromatic carbocycles. The Kier molecular flexibility index (Phi) is 8.42. The zero-order valence-corrected chi connectivity index (χ0v) is 16.9. The van der Waals surface area contributed by atoms with Crippen LogP contribution in [0.15, 0.2) is 0 Å². The number of carbonyl (C=O) groups excluding carboxylic acids is 1. The number of hydrogen-bond acceptors (Lipinski definition) is 5. The first-order chi connectivity index (χ1) is 10.6. The van der Waals surface area contributed by atoms with Gasteiger partial charge in [-0.05, 0) is 51.6 Å². The van der Waals surface area contributed by atoms with Gasteiger partial charge in [0.05, 0.1) is 5.69 Å². The fourth-order valence-corrected chi connectivity index (χ4v) is 4.52. The molecule has 2 aliphatic heterocycles. The van der Waals surface area contributed by atoms with E-state index < -0.39 is 0 Å². The number of aryl methyl sites for hydroxylation is 1. The van der Waals surface area contributed by atoms with Gasteiger partial charge in [0.2, 0.25) is 0 Å². The van der Waals surface area contributed by atoms with Gasteiger partial charge in [0.1, 0.15) is 16.0 Å². The normalized spacial score (nSPS) is 24.4. The van der Waals surface area contributed by atoms with Gasteiger partial charge >= 0.3 is 0 Å². The van der Waals surface area contributed by atoms with Crippen molar-refractivity contribution in [1.82, 2.24) is 15.2 Å². The number of amides is 1. The molecule has 2 saturated heterocycles. The number of nitrogens with one attached hydrogen (secondary N) is 1. The number of aromatic nitrogens is 1. The second-order valence-electron chi connectivity index (χ2n) is 6.39. The van der Waals surface area contributed by atoms with E-state index in [0.717, 1.165) is 66.4 Å². The Hall–Kier alpha value is -0.400. The zero-order valence-electron chi connectivity index (χ0n) is 14.4. The lowest BCUT2D eigenvalue weighted by atomic mass is 9.92. The van der Waals surface area contributed by atoms with Crippen molar-refractivity contribution < 1.29 is 9.53 Å². The Morgan fingerprint density at radius 3 is 2.42 bits per heavy atom. The quantitative estimate of drug-likeness (QED) is 0.853. The molecule has 1 aromatic rings. The van der Waals surface area contributed by atoms with Gasteiger partial charge in [0.25, 0.3) is 5.91 Å². The Labute approximate surface area is 160 Å². The number of fused-ring (bicyclic) bond motifs is 1. The summed E-state index contributed by atoms with van der Waals surface area (Å²) in [5, 5.41) is 4.36. The highest BCUT2D eigenvalue weighted by atomic mass is 35.5. The molecule has 1 amide bonds. The average Bonchev–Trinajstić information content (AvgIpc) is 3.07. The molecule has 0 spiro atoms. The van der Waals surface area contributed by atoms with E-state index in [1.807, 2.05) is 18.7 Å². The third-order valence-electron chi connectivity index (χ3n) is 5.02. The maximum absolute atomic E-state index is 12.9. The molecule has 24 heavy (non-hydrogen) atoms. The van der Waals surface area contributed by atoms with E-state index in [1.54, 1.807) is 7.11 Å². The van der Waals surface area contributed by atoms with Gasteiger partial charge < -0.3 is 15.0 Å². The molecule has 0 saturated carbocycles. The van der Waals surface area contributed by atoms with Gasteiger partial charge in [-0.25, -0.2) is 4.98 Å². The maximum Gasteiger partial charge on any atom is 0.265 e. The molecule has 0 bridgehead atoms. The van der Waals surface area contributed by atoms with E-state index >= 15 is 0 Å². The molecule has 2 fully saturated rings. The predicted octanol–water partition coefficient (Wildman–Crippen LogP) is 3.07. The van der Waals surface area contributed by atoms with Crippen molar-refractivity contribution in [2.45, 2.75) is 32.8 Å².